The van der Waals surface area contributed by atoms with Gasteiger partial charge in [0.2, 0.25) is 0 Å². The summed E-state index contributed by atoms with van der Waals surface area (Å²) in [6.45, 7) is 2.14. The molecule has 0 amide bonds. The van der Waals surface area contributed by atoms with Crippen molar-refractivity contribution in [2.75, 3.05) is 0 Å². The lowest BCUT2D eigenvalue weighted by atomic mass is 9.96. The Balaban J connectivity index is 2.00. The standard InChI is InChI=1S/C19H19ClN2/c1-2-5-15-10-16(12-21)19(20)22-18(15)11-14-8-3-6-13-7-4-9-17(13)14/h3,6,8,10H,2,4-5,7,9,11H2,1H3. The summed E-state index contributed by atoms with van der Waals surface area (Å²) in [5.74, 6) is 0. The first-order valence-electron chi connectivity index (χ1n) is 7.91. The van der Waals surface area contributed by atoms with Gasteiger partial charge >= 0.3 is 0 Å². The lowest BCUT2D eigenvalue weighted by molar-refractivity contribution is 0.875. The van der Waals surface area contributed by atoms with E-state index in [1.165, 1.54) is 36.0 Å². The zero-order chi connectivity index (χ0) is 15.5. The molecule has 22 heavy (non-hydrogen) atoms. The molecule has 0 spiro atoms. The number of halogens is 1. The van der Waals surface area contributed by atoms with Gasteiger partial charge in [-0.3, -0.25) is 0 Å². The maximum Gasteiger partial charge on any atom is 0.147 e. The largest absolute Gasteiger partial charge is 0.239 e. The summed E-state index contributed by atoms with van der Waals surface area (Å²) < 4.78 is 0. The summed E-state index contributed by atoms with van der Waals surface area (Å²) in [5.41, 5.74) is 6.99. The van der Waals surface area contributed by atoms with Gasteiger partial charge in [0.05, 0.1) is 5.56 Å². The van der Waals surface area contributed by atoms with Crippen molar-refractivity contribution >= 4 is 11.6 Å². The quantitative estimate of drug-likeness (QED) is 0.771. The van der Waals surface area contributed by atoms with Crippen molar-refractivity contribution in [2.45, 2.75) is 45.4 Å². The van der Waals surface area contributed by atoms with Crippen LogP contribution in [-0.4, -0.2) is 4.98 Å². The molecule has 2 nitrogen and oxygen atoms in total. The number of aromatic nitrogens is 1. The molecule has 1 aromatic carbocycles. The zero-order valence-electron chi connectivity index (χ0n) is 12.8. The first-order valence-corrected chi connectivity index (χ1v) is 8.28. The highest BCUT2D eigenvalue weighted by molar-refractivity contribution is 6.30. The predicted molar refractivity (Wildman–Crippen MR) is 89.2 cm³/mol. The van der Waals surface area contributed by atoms with Crippen molar-refractivity contribution in [2.24, 2.45) is 0 Å². The molecule has 0 saturated carbocycles. The summed E-state index contributed by atoms with van der Waals surface area (Å²) in [7, 11) is 0. The fraction of sp³-hybridized carbons (Fsp3) is 0.368. The van der Waals surface area contributed by atoms with Crippen LogP contribution in [-0.2, 0) is 25.7 Å². The Labute approximate surface area is 136 Å². The summed E-state index contributed by atoms with van der Waals surface area (Å²) in [5, 5.41) is 9.47. The molecule has 3 rings (SSSR count). The van der Waals surface area contributed by atoms with Crippen LogP contribution < -0.4 is 0 Å². The summed E-state index contributed by atoms with van der Waals surface area (Å²) in [6, 6.07) is 10.6. The Morgan fingerprint density at radius 3 is 2.91 bits per heavy atom. The van der Waals surface area contributed by atoms with Gasteiger partial charge in [0.25, 0.3) is 0 Å². The van der Waals surface area contributed by atoms with Crippen molar-refractivity contribution in [3.05, 3.63) is 62.9 Å². The van der Waals surface area contributed by atoms with Crippen LogP contribution in [0.4, 0.5) is 0 Å². The normalized spacial score (nSPS) is 13.0. The SMILES string of the molecule is CCCc1cc(C#N)c(Cl)nc1Cc1cccc2c1CCC2. The number of pyridine rings is 1. The van der Waals surface area contributed by atoms with Gasteiger partial charge in [-0.25, -0.2) is 4.98 Å². The lowest BCUT2D eigenvalue weighted by Crippen LogP contribution is -2.03. The highest BCUT2D eigenvalue weighted by atomic mass is 35.5. The minimum absolute atomic E-state index is 0.324. The fourth-order valence-electron chi connectivity index (χ4n) is 3.33. The number of benzene rings is 1. The molecule has 1 heterocycles. The highest BCUT2D eigenvalue weighted by Crippen LogP contribution is 2.28. The van der Waals surface area contributed by atoms with Crippen molar-refractivity contribution in [1.82, 2.24) is 4.98 Å². The first-order chi connectivity index (χ1) is 10.7. The molecule has 0 unspecified atom stereocenters. The third-order valence-corrected chi connectivity index (χ3v) is 4.67. The van der Waals surface area contributed by atoms with Gasteiger partial charge in [0.1, 0.15) is 11.2 Å². The Morgan fingerprint density at radius 1 is 1.27 bits per heavy atom. The molecule has 1 aliphatic carbocycles. The smallest absolute Gasteiger partial charge is 0.147 e. The predicted octanol–water partition coefficient (Wildman–Crippen LogP) is 4.64. The van der Waals surface area contributed by atoms with E-state index in [0.717, 1.165) is 30.5 Å². The Morgan fingerprint density at radius 2 is 2.14 bits per heavy atom. The molecule has 0 N–H and O–H groups in total. The molecule has 2 aromatic rings. The van der Waals surface area contributed by atoms with Crippen LogP contribution in [0.25, 0.3) is 0 Å². The van der Waals surface area contributed by atoms with E-state index in [1.807, 2.05) is 6.07 Å². The van der Waals surface area contributed by atoms with Crippen LogP contribution in [0, 0.1) is 11.3 Å². The Kier molecular flexibility index (Phi) is 4.45. The summed E-state index contributed by atoms with van der Waals surface area (Å²) in [6.07, 6.45) is 6.38. The van der Waals surface area contributed by atoms with Gasteiger partial charge in [-0.15, -0.1) is 0 Å². The van der Waals surface area contributed by atoms with E-state index in [4.69, 9.17) is 16.9 Å². The molecule has 0 aliphatic heterocycles. The number of rotatable bonds is 4. The van der Waals surface area contributed by atoms with Crippen molar-refractivity contribution < 1.29 is 0 Å². The van der Waals surface area contributed by atoms with Crippen LogP contribution in [0.2, 0.25) is 5.15 Å². The van der Waals surface area contributed by atoms with E-state index in [2.05, 4.69) is 36.2 Å². The first kappa shape index (κ1) is 15.1. The number of hydrogen-bond acceptors (Lipinski definition) is 2. The van der Waals surface area contributed by atoms with Gasteiger partial charge in [0.15, 0.2) is 0 Å². The molecule has 112 valence electrons. The van der Waals surface area contributed by atoms with Crippen molar-refractivity contribution in [3.8, 4) is 6.07 Å². The Bertz CT molecular complexity index is 744. The van der Waals surface area contributed by atoms with Gasteiger partial charge in [-0.2, -0.15) is 5.26 Å². The minimum Gasteiger partial charge on any atom is -0.239 e. The number of nitrogens with zero attached hydrogens (tertiary/aromatic N) is 2. The number of aryl methyl sites for hydroxylation is 2. The van der Waals surface area contributed by atoms with E-state index in [9.17, 15) is 0 Å². The number of nitriles is 1. The van der Waals surface area contributed by atoms with Gasteiger partial charge in [0, 0.05) is 12.1 Å². The van der Waals surface area contributed by atoms with Crippen LogP contribution in [0.1, 0.15) is 53.3 Å². The van der Waals surface area contributed by atoms with Crippen molar-refractivity contribution in [1.29, 1.82) is 5.26 Å². The van der Waals surface area contributed by atoms with E-state index >= 15 is 0 Å². The zero-order valence-corrected chi connectivity index (χ0v) is 13.6. The second kappa shape index (κ2) is 6.50. The maximum absolute atomic E-state index is 9.14. The van der Waals surface area contributed by atoms with Gasteiger partial charge in [-0.05, 0) is 54.0 Å². The molecular formula is C19H19ClN2. The second-order valence-corrected chi connectivity index (χ2v) is 6.24. The topological polar surface area (TPSA) is 36.7 Å². The third kappa shape index (κ3) is 2.87. The molecule has 0 bridgehead atoms. The molecule has 0 atom stereocenters. The summed E-state index contributed by atoms with van der Waals surface area (Å²) >= 11 is 6.15. The second-order valence-electron chi connectivity index (χ2n) is 5.88. The van der Waals surface area contributed by atoms with Crippen LogP contribution >= 0.6 is 11.6 Å². The van der Waals surface area contributed by atoms with E-state index < -0.39 is 0 Å². The monoisotopic (exact) mass is 310 g/mol. The van der Waals surface area contributed by atoms with Gasteiger partial charge < -0.3 is 0 Å². The third-order valence-electron chi connectivity index (χ3n) is 4.39. The Hall–Kier alpha value is -1.85. The van der Waals surface area contributed by atoms with E-state index in [0.29, 0.717) is 10.7 Å². The molecule has 0 radical (unpaired) electrons. The number of fused-ring (bicyclic) bond motifs is 1. The van der Waals surface area contributed by atoms with Crippen LogP contribution in [0.5, 0.6) is 0 Å². The van der Waals surface area contributed by atoms with Crippen LogP contribution in [0.3, 0.4) is 0 Å². The van der Waals surface area contributed by atoms with Gasteiger partial charge in [-0.1, -0.05) is 43.1 Å². The highest BCUT2D eigenvalue weighted by Gasteiger charge is 2.17. The number of hydrogen-bond donors (Lipinski definition) is 0. The molecule has 0 fully saturated rings. The van der Waals surface area contributed by atoms with E-state index in [-0.39, 0.29) is 0 Å². The molecule has 3 heteroatoms. The van der Waals surface area contributed by atoms with Crippen LogP contribution in [0.15, 0.2) is 24.3 Å². The maximum atomic E-state index is 9.14. The average molecular weight is 311 g/mol. The molecule has 1 aromatic heterocycles. The molecule has 1 aliphatic rings. The fourth-order valence-corrected chi connectivity index (χ4v) is 3.53. The van der Waals surface area contributed by atoms with E-state index in [1.54, 1.807) is 0 Å². The summed E-state index contributed by atoms with van der Waals surface area (Å²) in [4.78, 5) is 4.53. The lowest BCUT2D eigenvalue weighted by Gasteiger charge is -2.12. The minimum atomic E-state index is 0.324. The van der Waals surface area contributed by atoms with Crippen molar-refractivity contribution in [3.63, 3.8) is 0 Å². The molecule has 0 saturated heterocycles. The average Bonchev–Trinajstić information content (AvgIpc) is 2.99. The molecular weight excluding hydrogens is 292 g/mol.